The van der Waals surface area contributed by atoms with Crippen LogP contribution in [0.4, 0.5) is 5.69 Å². The van der Waals surface area contributed by atoms with E-state index in [-0.39, 0.29) is 0 Å². The van der Waals surface area contributed by atoms with E-state index in [1.807, 2.05) is 6.20 Å². The summed E-state index contributed by atoms with van der Waals surface area (Å²) in [5, 5.41) is 8.69. The number of hydrogen-bond acceptors (Lipinski definition) is 3. The Labute approximate surface area is 174 Å². The van der Waals surface area contributed by atoms with Crippen molar-refractivity contribution in [2.24, 2.45) is 0 Å². The summed E-state index contributed by atoms with van der Waals surface area (Å²) in [4.78, 5) is 4.76. The largest absolute Gasteiger partial charge is 0.346 e. The van der Waals surface area contributed by atoms with Crippen LogP contribution >= 0.6 is 12.2 Å². The topological polar surface area (TPSA) is 36.3 Å². The zero-order chi connectivity index (χ0) is 20.1. The van der Waals surface area contributed by atoms with Crippen LogP contribution in [0.1, 0.15) is 49.9 Å². The third kappa shape index (κ3) is 4.92. The van der Waals surface area contributed by atoms with Crippen LogP contribution in [-0.2, 0) is 13.1 Å². The monoisotopic (exact) mass is 399 g/mol. The fourth-order valence-electron chi connectivity index (χ4n) is 3.64. The van der Waals surface area contributed by atoms with E-state index in [0.717, 1.165) is 56.5 Å². The molecule has 3 rings (SSSR count). The number of nitrogens with zero attached hydrogens (tertiary/aromatic N) is 4. The van der Waals surface area contributed by atoms with Crippen LogP contribution in [0, 0.1) is 6.92 Å². The molecule has 6 heteroatoms. The minimum Gasteiger partial charge on any atom is -0.346 e. The van der Waals surface area contributed by atoms with E-state index in [1.54, 1.807) is 0 Å². The van der Waals surface area contributed by atoms with Crippen LogP contribution in [-0.4, -0.2) is 50.9 Å². The van der Waals surface area contributed by atoms with E-state index >= 15 is 0 Å². The zero-order valence-electron chi connectivity index (χ0n) is 17.6. The average Bonchev–Trinajstić information content (AvgIpc) is 3.08. The fourth-order valence-corrected chi connectivity index (χ4v) is 3.94. The van der Waals surface area contributed by atoms with Gasteiger partial charge in [-0.25, -0.2) is 0 Å². The molecule has 5 nitrogen and oxygen atoms in total. The van der Waals surface area contributed by atoms with Crippen molar-refractivity contribution in [3.63, 3.8) is 0 Å². The third-order valence-electron chi connectivity index (χ3n) is 5.90. The molecule has 1 N–H and O–H groups in total. The highest BCUT2D eigenvalue weighted by Crippen LogP contribution is 2.21. The SMILES string of the molecule is CC[C@H](C)c1ccc(NC(=S)N2CCN(Cc3cnn(CC)c3C)CC2)cc1. The molecule has 1 atom stereocenters. The maximum atomic E-state index is 5.65. The van der Waals surface area contributed by atoms with Gasteiger partial charge in [-0.05, 0) is 56.1 Å². The summed E-state index contributed by atoms with van der Waals surface area (Å²) in [7, 11) is 0. The van der Waals surface area contributed by atoms with E-state index in [9.17, 15) is 0 Å². The number of rotatable bonds is 6. The van der Waals surface area contributed by atoms with E-state index in [1.165, 1.54) is 16.8 Å². The van der Waals surface area contributed by atoms with Crippen LogP contribution in [0.5, 0.6) is 0 Å². The highest BCUT2D eigenvalue weighted by molar-refractivity contribution is 7.80. The Morgan fingerprint density at radius 2 is 1.82 bits per heavy atom. The number of thiocarbonyl (C=S) groups is 1. The molecular weight excluding hydrogens is 366 g/mol. The lowest BCUT2D eigenvalue weighted by Gasteiger charge is -2.36. The highest BCUT2D eigenvalue weighted by atomic mass is 32.1. The third-order valence-corrected chi connectivity index (χ3v) is 6.26. The van der Waals surface area contributed by atoms with Gasteiger partial charge in [0.25, 0.3) is 0 Å². The van der Waals surface area contributed by atoms with Gasteiger partial charge in [0.1, 0.15) is 0 Å². The van der Waals surface area contributed by atoms with Crippen LogP contribution < -0.4 is 5.32 Å². The summed E-state index contributed by atoms with van der Waals surface area (Å²) < 4.78 is 2.07. The van der Waals surface area contributed by atoms with Gasteiger partial charge in [0.05, 0.1) is 6.20 Å². The smallest absolute Gasteiger partial charge is 0.173 e. The van der Waals surface area contributed by atoms with Crippen molar-refractivity contribution in [1.82, 2.24) is 19.6 Å². The van der Waals surface area contributed by atoms with Crippen molar-refractivity contribution >= 4 is 23.0 Å². The number of aromatic nitrogens is 2. The predicted molar refractivity (Wildman–Crippen MR) is 121 cm³/mol. The zero-order valence-corrected chi connectivity index (χ0v) is 18.4. The quantitative estimate of drug-likeness (QED) is 0.735. The normalized spacial score (nSPS) is 16.2. The number of nitrogens with one attached hydrogen (secondary N) is 1. The Morgan fingerprint density at radius 1 is 1.14 bits per heavy atom. The minimum absolute atomic E-state index is 0.599. The van der Waals surface area contributed by atoms with Crippen LogP contribution in [0.25, 0.3) is 0 Å². The molecule has 0 radical (unpaired) electrons. The number of anilines is 1. The first-order valence-corrected chi connectivity index (χ1v) is 10.8. The highest BCUT2D eigenvalue weighted by Gasteiger charge is 2.20. The maximum Gasteiger partial charge on any atom is 0.173 e. The second-order valence-electron chi connectivity index (χ2n) is 7.70. The van der Waals surface area contributed by atoms with Gasteiger partial charge in [0, 0.05) is 56.2 Å². The number of hydrogen-bond donors (Lipinski definition) is 1. The molecule has 1 aliphatic rings. The van der Waals surface area contributed by atoms with E-state index in [2.05, 4.69) is 76.9 Å². The molecule has 0 aliphatic carbocycles. The maximum absolute atomic E-state index is 5.65. The second kappa shape index (κ2) is 9.52. The Bertz CT molecular complexity index is 775. The molecule has 0 bridgehead atoms. The van der Waals surface area contributed by atoms with Crippen LogP contribution in [0.15, 0.2) is 30.5 Å². The summed E-state index contributed by atoms with van der Waals surface area (Å²) in [5.41, 5.74) is 5.07. The molecule has 0 amide bonds. The standard InChI is InChI=1S/C22H33N5S/c1-5-17(3)19-7-9-21(10-8-19)24-22(28)26-13-11-25(12-14-26)16-20-15-23-27(6-2)18(20)4/h7-10,15,17H,5-6,11-14,16H2,1-4H3,(H,24,28)/t17-/m0/s1. The van der Waals surface area contributed by atoms with Crippen molar-refractivity contribution in [3.8, 4) is 0 Å². The lowest BCUT2D eigenvalue weighted by atomic mass is 9.99. The van der Waals surface area contributed by atoms with Crippen molar-refractivity contribution in [3.05, 3.63) is 47.3 Å². The number of aryl methyl sites for hydroxylation is 1. The van der Waals surface area contributed by atoms with E-state index < -0.39 is 0 Å². The number of piperazine rings is 1. The molecular formula is C22H33N5S. The summed E-state index contributed by atoms with van der Waals surface area (Å²) in [6.45, 7) is 14.6. The molecule has 0 spiro atoms. The van der Waals surface area contributed by atoms with Crippen molar-refractivity contribution in [2.45, 2.75) is 53.1 Å². The summed E-state index contributed by atoms with van der Waals surface area (Å²) >= 11 is 5.65. The van der Waals surface area contributed by atoms with Gasteiger partial charge in [0.15, 0.2) is 5.11 Å². The Balaban J connectivity index is 1.49. The molecule has 0 unspecified atom stereocenters. The van der Waals surface area contributed by atoms with Crippen molar-refractivity contribution in [1.29, 1.82) is 0 Å². The first kappa shape index (κ1) is 20.8. The molecule has 1 aromatic carbocycles. The molecule has 28 heavy (non-hydrogen) atoms. The molecule has 152 valence electrons. The van der Waals surface area contributed by atoms with Crippen molar-refractivity contribution < 1.29 is 0 Å². The lowest BCUT2D eigenvalue weighted by molar-refractivity contribution is 0.176. The molecule has 1 aliphatic heterocycles. The van der Waals surface area contributed by atoms with Gasteiger partial charge in [-0.2, -0.15) is 5.10 Å². The minimum atomic E-state index is 0.599. The molecule has 2 aromatic rings. The fraction of sp³-hybridized carbons (Fsp3) is 0.545. The summed E-state index contributed by atoms with van der Waals surface area (Å²) in [6, 6.07) is 8.68. The molecule has 2 heterocycles. The first-order valence-electron chi connectivity index (χ1n) is 10.4. The van der Waals surface area contributed by atoms with Gasteiger partial charge >= 0.3 is 0 Å². The predicted octanol–water partition coefficient (Wildman–Crippen LogP) is 4.24. The second-order valence-corrected chi connectivity index (χ2v) is 8.08. The summed E-state index contributed by atoms with van der Waals surface area (Å²) in [6.07, 6.45) is 3.18. The van der Waals surface area contributed by atoms with Crippen LogP contribution in [0.2, 0.25) is 0 Å². The molecule has 1 aromatic heterocycles. The van der Waals surface area contributed by atoms with Gasteiger partial charge in [0.2, 0.25) is 0 Å². The molecule has 1 saturated heterocycles. The van der Waals surface area contributed by atoms with Gasteiger partial charge in [-0.1, -0.05) is 26.0 Å². The average molecular weight is 400 g/mol. The lowest BCUT2D eigenvalue weighted by Crippen LogP contribution is -2.49. The number of benzene rings is 1. The summed E-state index contributed by atoms with van der Waals surface area (Å²) in [5.74, 6) is 0.599. The Hall–Kier alpha value is -1.92. The molecule has 1 fully saturated rings. The van der Waals surface area contributed by atoms with E-state index in [0.29, 0.717) is 5.92 Å². The Kier molecular flexibility index (Phi) is 7.08. The Morgan fingerprint density at radius 3 is 2.39 bits per heavy atom. The van der Waals surface area contributed by atoms with Gasteiger partial charge < -0.3 is 10.2 Å². The van der Waals surface area contributed by atoms with Crippen LogP contribution in [0.3, 0.4) is 0 Å². The van der Waals surface area contributed by atoms with E-state index in [4.69, 9.17) is 12.2 Å². The first-order chi connectivity index (χ1) is 13.5. The van der Waals surface area contributed by atoms with Gasteiger partial charge in [-0.3, -0.25) is 9.58 Å². The van der Waals surface area contributed by atoms with Gasteiger partial charge in [-0.15, -0.1) is 0 Å². The molecule has 0 saturated carbocycles. The van der Waals surface area contributed by atoms with Crippen molar-refractivity contribution in [2.75, 3.05) is 31.5 Å².